The minimum absolute atomic E-state index is 0.0859. The molecule has 0 bridgehead atoms. The summed E-state index contributed by atoms with van der Waals surface area (Å²) in [5.74, 6) is -3.35. The normalized spacial score (nSPS) is 43.5. The Morgan fingerprint density at radius 3 is 2.13 bits per heavy atom. The number of cyclic esters (lactones) is 1. The summed E-state index contributed by atoms with van der Waals surface area (Å²) in [6, 6.07) is -1.25. The van der Waals surface area contributed by atoms with Crippen LogP contribution in [0.3, 0.4) is 0 Å². The van der Waals surface area contributed by atoms with Gasteiger partial charge in [-0.1, -0.05) is 20.8 Å². The Hall–Kier alpha value is -2.11. The van der Waals surface area contributed by atoms with Crippen LogP contribution in [-0.4, -0.2) is 231 Å². The first kappa shape index (κ1) is 59.8. The number of carbonyl (C=O) groups is 3. The maximum absolute atomic E-state index is 14.6. The van der Waals surface area contributed by atoms with Crippen LogP contribution in [0, 0.1) is 23.7 Å². The quantitative estimate of drug-likeness (QED) is 0.184. The molecule has 0 aliphatic carbocycles. The maximum Gasteiger partial charge on any atom is 0.311 e. The van der Waals surface area contributed by atoms with E-state index in [0.717, 1.165) is 39.3 Å². The number of nitrogens with zero attached hydrogens (tertiary/aromatic N) is 4. The Morgan fingerprint density at radius 2 is 1.52 bits per heavy atom. The van der Waals surface area contributed by atoms with Gasteiger partial charge < -0.3 is 78.1 Å². The number of likely N-dealkylation sites (N-methyl/N-ethyl adjacent to an activating group) is 1. The average Bonchev–Trinajstić information content (AvgIpc) is 3.32. The van der Waals surface area contributed by atoms with Crippen LogP contribution in [0.15, 0.2) is 0 Å². The largest absolute Gasteiger partial charge is 0.459 e. The number of esters is 2. The fourth-order valence-electron chi connectivity index (χ4n) is 12.1. The third-order valence-electron chi connectivity index (χ3n) is 16.7. The summed E-state index contributed by atoms with van der Waals surface area (Å²) in [7, 11) is 9.05. The summed E-state index contributed by atoms with van der Waals surface area (Å²) in [6.45, 7) is 25.1. The molecule has 0 aromatic heterocycles. The Labute approximate surface area is 425 Å². The molecule has 5 rings (SSSR count). The van der Waals surface area contributed by atoms with E-state index in [1.807, 2.05) is 46.7 Å². The Bertz CT molecular complexity index is 1710. The Kier molecular flexibility index (Phi) is 21.6. The van der Waals surface area contributed by atoms with Crippen molar-refractivity contribution in [3.05, 3.63) is 0 Å². The van der Waals surface area contributed by atoms with Crippen LogP contribution < -0.4 is 5.32 Å². The van der Waals surface area contributed by atoms with Gasteiger partial charge in [-0.05, 0) is 114 Å². The van der Waals surface area contributed by atoms with Gasteiger partial charge in [0.25, 0.3) is 0 Å². The molecule has 19 atom stereocenters. The summed E-state index contributed by atoms with van der Waals surface area (Å²) in [5, 5.41) is 38.0. The number of rotatable bonds is 14. The number of likely N-dealkylation sites (tertiary alicyclic amines) is 1. The van der Waals surface area contributed by atoms with E-state index in [-0.39, 0.29) is 43.8 Å². The molecule has 0 spiro atoms. The molecular formula is C52H95N5O14. The van der Waals surface area contributed by atoms with E-state index in [0.29, 0.717) is 18.9 Å². The number of nitrogens with one attached hydrogen (secondary N) is 1. The van der Waals surface area contributed by atoms with E-state index in [9.17, 15) is 29.7 Å². The van der Waals surface area contributed by atoms with Crippen molar-refractivity contribution in [2.75, 3.05) is 87.7 Å². The zero-order valence-electron chi connectivity index (χ0n) is 46.0. The molecule has 5 fully saturated rings. The molecule has 1 unspecified atom stereocenters. The maximum atomic E-state index is 14.6. The van der Waals surface area contributed by atoms with Crippen molar-refractivity contribution in [1.29, 1.82) is 0 Å². The van der Waals surface area contributed by atoms with Crippen LogP contribution in [0.2, 0.25) is 0 Å². The first-order chi connectivity index (χ1) is 33.3. The SMILES string of the molecule is CC[C@H]1OC(=O)[C@H](C)[C@@H](O[C@H]2C[C@@](C)(OC)[C@@H](OC(=O)CCN3CCN(CC4CCCN(C)C4)CC3)[C@H](C)O2)[C@H](C)[C@@H](O[C@@H]2O[C@H](C)C[C@H](N(C)C)[C@H]2O)[C@](C)(OC)C[C@@H](C)C(=O)N[C@H](C)[C@@H](O)[C@]1(C)O. The molecule has 5 saturated heterocycles. The van der Waals surface area contributed by atoms with Crippen molar-refractivity contribution < 1.29 is 67.6 Å². The van der Waals surface area contributed by atoms with Crippen LogP contribution >= 0.6 is 0 Å². The monoisotopic (exact) mass is 1010 g/mol. The average molecular weight is 1010 g/mol. The highest BCUT2D eigenvalue weighted by molar-refractivity contribution is 5.78. The second-order valence-electron chi connectivity index (χ2n) is 22.9. The molecule has 19 nitrogen and oxygen atoms in total. The molecule has 71 heavy (non-hydrogen) atoms. The minimum atomic E-state index is -1.97. The number of amides is 1. The van der Waals surface area contributed by atoms with Gasteiger partial charge in [0, 0.05) is 84.3 Å². The first-order valence-electron chi connectivity index (χ1n) is 26.6. The number of hydrogen-bond acceptors (Lipinski definition) is 18. The molecule has 19 heteroatoms. The topological polar surface area (TPSA) is 211 Å². The van der Waals surface area contributed by atoms with Gasteiger partial charge in [0.05, 0.1) is 48.4 Å². The molecule has 0 radical (unpaired) electrons. The number of methoxy groups -OCH3 is 2. The van der Waals surface area contributed by atoms with Gasteiger partial charge in [-0.3, -0.25) is 14.4 Å². The minimum Gasteiger partial charge on any atom is -0.459 e. The van der Waals surface area contributed by atoms with Gasteiger partial charge in [0.2, 0.25) is 5.91 Å². The van der Waals surface area contributed by atoms with E-state index < -0.39 is 108 Å². The Morgan fingerprint density at radius 1 is 0.887 bits per heavy atom. The number of carbonyl (C=O) groups excluding carboxylic acids is 3. The zero-order chi connectivity index (χ0) is 52.7. The summed E-state index contributed by atoms with van der Waals surface area (Å²) in [5.41, 5.74) is -4.35. The lowest BCUT2D eigenvalue weighted by atomic mass is 9.77. The second-order valence-corrected chi connectivity index (χ2v) is 22.9. The standard InChI is InChI=1S/C52H95N5O14/c1-16-39-52(10,63)44(60)35(6)53-47(61)31(2)27-50(8,64-14)45(71-49-42(59)38(54(11)12)26-32(3)66-49)33(4)43(34(5)48(62)68-39)70-41-28-51(9,65-15)46(36(7)67-41)69-40(58)19-21-56-22-24-57(25-23-56)30-37-18-17-20-55(13)29-37/h31-39,41-46,49,59-60,63H,16-30H2,1-15H3,(H,53,61)/t31-,32-,33+,34-,35-,36+,37?,38+,39-,41+,42-,43+,44-,45-,46+,49+,50-,51-,52-/m1/s1. The lowest BCUT2D eigenvalue weighted by Crippen LogP contribution is -2.61. The smallest absolute Gasteiger partial charge is 0.311 e. The molecular weight excluding hydrogens is 919 g/mol. The third-order valence-corrected chi connectivity index (χ3v) is 16.7. The third kappa shape index (κ3) is 14.8. The fourth-order valence-corrected chi connectivity index (χ4v) is 12.1. The van der Waals surface area contributed by atoms with Gasteiger partial charge in [0.15, 0.2) is 18.7 Å². The summed E-state index contributed by atoms with van der Waals surface area (Å²) < 4.78 is 51.7. The van der Waals surface area contributed by atoms with Gasteiger partial charge in [-0.15, -0.1) is 0 Å². The van der Waals surface area contributed by atoms with Gasteiger partial charge in [-0.25, -0.2) is 0 Å². The number of aliphatic hydroxyl groups excluding tert-OH is 2. The zero-order valence-corrected chi connectivity index (χ0v) is 46.0. The number of aliphatic hydroxyl groups is 3. The van der Waals surface area contributed by atoms with Gasteiger partial charge in [0.1, 0.15) is 29.5 Å². The number of piperidine rings is 1. The van der Waals surface area contributed by atoms with E-state index in [1.165, 1.54) is 33.4 Å². The van der Waals surface area contributed by atoms with Gasteiger partial charge >= 0.3 is 11.9 Å². The van der Waals surface area contributed by atoms with Crippen LogP contribution in [0.25, 0.3) is 0 Å². The van der Waals surface area contributed by atoms with Crippen molar-refractivity contribution in [1.82, 2.24) is 24.9 Å². The van der Waals surface area contributed by atoms with Gasteiger partial charge in [-0.2, -0.15) is 0 Å². The molecule has 0 aromatic carbocycles. The van der Waals surface area contributed by atoms with Crippen LogP contribution in [-0.2, 0) is 52.3 Å². The molecule has 0 saturated carbocycles. The highest BCUT2D eigenvalue weighted by atomic mass is 16.7. The number of piperazine rings is 1. The van der Waals surface area contributed by atoms with Crippen molar-refractivity contribution in [3.8, 4) is 0 Å². The van der Waals surface area contributed by atoms with E-state index >= 15 is 0 Å². The molecule has 412 valence electrons. The van der Waals surface area contributed by atoms with Crippen molar-refractivity contribution in [2.45, 2.75) is 204 Å². The summed E-state index contributed by atoms with van der Waals surface area (Å²) in [4.78, 5) is 51.4. The summed E-state index contributed by atoms with van der Waals surface area (Å²) >= 11 is 0. The molecule has 1 amide bonds. The van der Waals surface area contributed by atoms with E-state index in [2.05, 4.69) is 27.1 Å². The predicted molar refractivity (Wildman–Crippen MR) is 266 cm³/mol. The number of ether oxygens (including phenoxy) is 8. The summed E-state index contributed by atoms with van der Waals surface area (Å²) in [6.07, 6.45) is -6.22. The molecule has 5 aliphatic heterocycles. The second kappa shape index (κ2) is 25.6. The van der Waals surface area contributed by atoms with Crippen molar-refractivity contribution in [2.24, 2.45) is 23.7 Å². The van der Waals surface area contributed by atoms with E-state index in [4.69, 9.17) is 37.9 Å². The van der Waals surface area contributed by atoms with Crippen LogP contribution in [0.5, 0.6) is 0 Å². The fraction of sp³-hybridized carbons (Fsp3) is 0.942. The molecule has 4 N–H and O–H groups in total. The Balaban J connectivity index is 1.40. The van der Waals surface area contributed by atoms with Crippen LogP contribution in [0.1, 0.15) is 114 Å². The highest BCUT2D eigenvalue weighted by Gasteiger charge is 2.54. The lowest BCUT2D eigenvalue weighted by molar-refractivity contribution is -0.320. The predicted octanol–water partition coefficient (Wildman–Crippen LogP) is 2.64. The molecule has 5 heterocycles. The molecule has 5 aliphatic rings. The molecule has 0 aromatic rings. The highest BCUT2D eigenvalue weighted by Crippen LogP contribution is 2.42. The van der Waals surface area contributed by atoms with E-state index in [1.54, 1.807) is 41.7 Å². The van der Waals surface area contributed by atoms with Crippen LogP contribution in [0.4, 0.5) is 0 Å². The number of hydrogen-bond donors (Lipinski definition) is 4. The van der Waals surface area contributed by atoms with Crippen molar-refractivity contribution in [3.63, 3.8) is 0 Å². The first-order valence-corrected chi connectivity index (χ1v) is 26.6. The lowest BCUT2D eigenvalue weighted by Gasteiger charge is -2.49. The van der Waals surface area contributed by atoms with Crippen molar-refractivity contribution >= 4 is 17.8 Å².